The van der Waals surface area contributed by atoms with Crippen LogP contribution in [-0.2, 0) is 22.6 Å². The summed E-state index contributed by atoms with van der Waals surface area (Å²) in [7, 11) is 0. The Morgan fingerprint density at radius 3 is 2.32 bits per heavy atom. The molecule has 0 bridgehead atoms. The van der Waals surface area contributed by atoms with Crippen molar-refractivity contribution in [1.82, 2.24) is 14.7 Å². The minimum atomic E-state index is -0.677. The molecule has 3 aliphatic heterocycles. The highest BCUT2D eigenvalue weighted by Gasteiger charge is 2.34. The number of rotatable bonds is 5. The van der Waals surface area contributed by atoms with Gasteiger partial charge >= 0.3 is 6.03 Å². The Morgan fingerprint density at radius 2 is 1.51 bits per heavy atom. The second-order valence-corrected chi connectivity index (χ2v) is 10.4. The quantitative estimate of drug-likeness (QED) is 0.501. The molecule has 4 amide bonds. The lowest BCUT2D eigenvalue weighted by atomic mass is 9.97. The van der Waals surface area contributed by atoms with Crippen molar-refractivity contribution in [2.75, 3.05) is 56.5 Å². The Hall–Kier alpha value is -4.57. The molecule has 10 nitrogen and oxygen atoms in total. The summed E-state index contributed by atoms with van der Waals surface area (Å²) in [4.78, 5) is 44.5. The lowest BCUT2D eigenvalue weighted by Crippen LogP contribution is -2.56. The Morgan fingerprint density at radius 1 is 0.780 bits per heavy atom. The van der Waals surface area contributed by atoms with Gasteiger partial charge in [-0.1, -0.05) is 42.5 Å². The number of amides is 4. The lowest BCUT2D eigenvalue weighted by Gasteiger charge is -2.38. The number of carbonyl (C=O) groups excluding carboxylic acids is 3. The summed E-state index contributed by atoms with van der Waals surface area (Å²) >= 11 is 0. The van der Waals surface area contributed by atoms with Gasteiger partial charge in [0.2, 0.25) is 12.0 Å². The van der Waals surface area contributed by atoms with E-state index in [1.54, 1.807) is 11.0 Å². The number of piperazine rings is 1. The Balaban J connectivity index is 0.984. The van der Waals surface area contributed by atoms with Gasteiger partial charge in [0.25, 0.3) is 5.91 Å². The number of urea groups is 1. The zero-order valence-corrected chi connectivity index (χ0v) is 22.8. The summed E-state index contributed by atoms with van der Waals surface area (Å²) in [5.41, 5.74) is 3.72. The fourth-order valence-corrected chi connectivity index (χ4v) is 5.54. The molecule has 0 spiro atoms. The van der Waals surface area contributed by atoms with Gasteiger partial charge in [-0.3, -0.25) is 14.5 Å². The average molecular weight is 556 g/mol. The normalized spacial score (nSPS) is 18.3. The molecular formula is C31H33N5O5. The number of nitrogens with one attached hydrogen (secondary N) is 2. The van der Waals surface area contributed by atoms with Crippen LogP contribution in [0, 0.1) is 0 Å². The number of hydrogen-bond acceptors (Lipinski definition) is 6. The maximum atomic E-state index is 13.2. The number of hydrogen-bond donors (Lipinski definition) is 2. The first-order chi connectivity index (χ1) is 20.0. The zero-order valence-electron chi connectivity index (χ0n) is 22.8. The highest BCUT2D eigenvalue weighted by Crippen LogP contribution is 2.31. The number of anilines is 2. The third kappa shape index (κ3) is 6.12. The number of carbonyl (C=O) groups is 3. The summed E-state index contributed by atoms with van der Waals surface area (Å²) in [5.74, 6) is 1.17. The monoisotopic (exact) mass is 555 g/mol. The van der Waals surface area contributed by atoms with E-state index in [4.69, 9.17) is 9.47 Å². The first-order valence-electron chi connectivity index (χ1n) is 13.9. The topological polar surface area (TPSA) is 103 Å². The van der Waals surface area contributed by atoms with Crippen LogP contribution in [0.4, 0.5) is 16.2 Å². The maximum absolute atomic E-state index is 13.2. The molecule has 2 N–H and O–H groups in total. The molecule has 1 saturated heterocycles. The van der Waals surface area contributed by atoms with Gasteiger partial charge in [-0.05, 0) is 47.9 Å². The van der Waals surface area contributed by atoms with Crippen molar-refractivity contribution in [3.63, 3.8) is 0 Å². The van der Waals surface area contributed by atoms with Crippen molar-refractivity contribution in [3.8, 4) is 11.5 Å². The molecule has 3 heterocycles. The van der Waals surface area contributed by atoms with Crippen LogP contribution in [0.2, 0.25) is 0 Å². The molecule has 0 saturated carbocycles. The van der Waals surface area contributed by atoms with Gasteiger partial charge in [0.1, 0.15) is 6.61 Å². The summed E-state index contributed by atoms with van der Waals surface area (Å²) in [6.07, 6.45) is 0.0589. The number of benzene rings is 3. The largest absolute Gasteiger partial charge is 0.485 e. The number of ether oxygens (including phenoxy) is 2. The van der Waals surface area contributed by atoms with Crippen LogP contribution in [0.5, 0.6) is 11.5 Å². The molecule has 3 aliphatic rings. The molecule has 0 aromatic heterocycles. The van der Waals surface area contributed by atoms with Gasteiger partial charge in [0.05, 0.1) is 6.54 Å². The fraction of sp³-hybridized carbons (Fsp3) is 0.323. The predicted molar refractivity (Wildman–Crippen MR) is 154 cm³/mol. The summed E-state index contributed by atoms with van der Waals surface area (Å²) in [6.45, 7) is 3.76. The van der Waals surface area contributed by atoms with Crippen molar-refractivity contribution in [2.45, 2.75) is 19.1 Å². The molecule has 10 heteroatoms. The third-order valence-electron chi connectivity index (χ3n) is 7.71. The molecule has 1 fully saturated rings. The second kappa shape index (κ2) is 11.9. The lowest BCUT2D eigenvalue weighted by molar-refractivity contribution is -0.146. The van der Waals surface area contributed by atoms with Crippen LogP contribution in [0.25, 0.3) is 0 Å². The van der Waals surface area contributed by atoms with E-state index in [0.717, 1.165) is 35.5 Å². The maximum Gasteiger partial charge on any atom is 0.323 e. The molecule has 41 heavy (non-hydrogen) atoms. The third-order valence-corrected chi connectivity index (χ3v) is 7.71. The van der Waals surface area contributed by atoms with Gasteiger partial charge in [0.15, 0.2) is 11.5 Å². The summed E-state index contributed by atoms with van der Waals surface area (Å²) < 4.78 is 11.6. The van der Waals surface area contributed by atoms with Gasteiger partial charge in [-0.2, -0.15) is 0 Å². The van der Waals surface area contributed by atoms with Crippen molar-refractivity contribution < 1.29 is 23.9 Å². The van der Waals surface area contributed by atoms with E-state index in [2.05, 4.69) is 15.5 Å². The Labute approximate surface area is 238 Å². The Bertz CT molecular complexity index is 1420. The van der Waals surface area contributed by atoms with E-state index in [1.165, 1.54) is 0 Å². The first-order valence-corrected chi connectivity index (χ1v) is 13.9. The van der Waals surface area contributed by atoms with Gasteiger partial charge < -0.3 is 29.9 Å². The second-order valence-electron chi connectivity index (χ2n) is 10.4. The number of nitrogens with zero attached hydrogens (tertiary/aromatic N) is 3. The SMILES string of the molecule is O=C(Nc1ccccc1)Nc1cccc2c1CCN(CC(=O)N1CCN(C(=O)C3COc4ccccc4O3)CC1)C2. The van der Waals surface area contributed by atoms with Gasteiger partial charge in [-0.25, -0.2) is 4.79 Å². The van der Waals surface area contributed by atoms with Crippen molar-refractivity contribution in [3.05, 3.63) is 83.9 Å². The minimum absolute atomic E-state index is 0.0586. The first kappa shape index (κ1) is 26.6. The van der Waals surface area contributed by atoms with Crippen LogP contribution in [0.3, 0.4) is 0 Å². The van der Waals surface area contributed by atoms with Crippen LogP contribution in [0.1, 0.15) is 11.1 Å². The molecular weight excluding hydrogens is 522 g/mol. The van der Waals surface area contributed by atoms with E-state index in [9.17, 15) is 14.4 Å². The van der Waals surface area contributed by atoms with E-state index < -0.39 is 6.10 Å². The fourth-order valence-electron chi connectivity index (χ4n) is 5.54. The molecule has 1 unspecified atom stereocenters. The van der Waals surface area contributed by atoms with Crippen LogP contribution >= 0.6 is 0 Å². The van der Waals surface area contributed by atoms with E-state index in [1.807, 2.05) is 71.6 Å². The highest BCUT2D eigenvalue weighted by molar-refractivity contribution is 6.00. The molecule has 0 aliphatic carbocycles. The predicted octanol–water partition coefficient (Wildman–Crippen LogP) is 3.20. The average Bonchev–Trinajstić information content (AvgIpc) is 3.01. The highest BCUT2D eigenvalue weighted by atomic mass is 16.6. The van der Waals surface area contributed by atoms with E-state index >= 15 is 0 Å². The van der Waals surface area contributed by atoms with Gasteiger partial charge in [0, 0.05) is 50.6 Å². The molecule has 6 rings (SSSR count). The zero-order chi connectivity index (χ0) is 28.2. The number of fused-ring (bicyclic) bond motifs is 2. The molecule has 1 atom stereocenters. The van der Waals surface area contributed by atoms with Crippen LogP contribution in [-0.4, -0.2) is 84.5 Å². The standard InChI is InChI=1S/C31H33N5O5/c37-29(35-15-17-36(18-16-35)30(38)28-21-40-26-11-4-5-12-27(26)41-28)20-34-14-13-24-22(19-34)7-6-10-25(24)33-31(39)32-23-8-2-1-3-9-23/h1-12,28H,13-21H2,(H2,32,33,39). The van der Waals surface area contributed by atoms with E-state index in [-0.39, 0.29) is 24.5 Å². The van der Waals surface area contributed by atoms with Crippen molar-refractivity contribution in [1.29, 1.82) is 0 Å². The smallest absolute Gasteiger partial charge is 0.323 e. The minimum Gasteiger partial charge on any atom is -0.485 e. The molecule has 0 radical (unpaired) electrons. The summed E-state index contributed by atoms with van der Waals surface area (Å²) in [6, 6.07) is 22.3. The molecule has 3 aromatic carbocycles. The number of para-hydroxylation sites is 3. The van der Waals surface area contributed by atoms with Gasteiger partial charge in [-0.15, -0.1) is 0 Å². The molecule has 212 valence electrons. The van der Waals surface area contributed by atoms with Crippen molar-refractivity contribution >= 4 is 29.2 Å². The Kier molecular flexibility index (Phi) is 7.73. The van der Waals surface area contributed by atoms with Crippen LogP contribution < -0.4 is 20.1 Å². The summed E-state index contributed by atoms with van der Waals surface area (Å²) in [5, 5.41) is 5.83. The van der Waals surface area contributed by atoms with Crippen molar-refractivity contribution in [2.24, 2.45) is 0 Å². The molecule has 3 aromatic rings. The van der Waals surface area contributed by atoms with E-state index in [0.29, 0.717) is 50.8 Å². The van der Waals surface area contributed by atoms with Crippen LogP contribution in [0.15, 0.2) is 72.8 Å².